The molecule has 0 aliphatic carbocycles. The minimum absolute atomic E-state index is 0.179. The first-order valence-corrected chi connectivity index (χ1v) is 9.12. The van der Waals surface area contributed by atoms with Gasteiger partial charge in [0.2, 0.25) is 0 Å². The zero-order valence-corrected chi connectivity index (χ0v) is 17.0. The van der Waals surface area contributed by atoms with E-state index in [4.69, 9.17) is 21.7 Å². The highest BCUT2D eigenvalue weighted by Gasteiger charge is 2.11. The number of thiocarbonyl (C=S) groups is 1. The van der Waals surface area contributed by atoms with Crippen LogP contribution in [0.5, 0.6) is 11.5 Å². The Kier molecular flexibility index (Phi) is 8.92. The van der Waals surface area contributed by atoms with E-state index in [1.807, 2.05) is 52.8 Å². The van der Waals surface area contributed by atoms with E-state index in [1.54, 1.807) is 6.08 Å². The van der Waals surface area contributed by atoms with Crippen LogP contribution in [-0.4, -0.2) is 29.8 Å². The van der Waals surface area contributed by atoms with Crippen LogP contribution in [0.4, 0.5) is 0 Å². The highest BCUT2D eigenvalue weighted by molar-refractivity contribution is 7.80. The molecule has 0 saturated carbocycles. The van der Waals surface area contributed by atoms with E-state index in [0.717, 1.165) is 12.0 Å². The molecule has 0 spiro atoms. The van der Waals surface area contributed by atoms with Crippen LogP contribution in [0.3, 0.4) is 0 Å². The Labute approximate surface area is 161 Å². The maximum Gasteiger partial charge on any atom is 0.262 e. The van der Waals surface area contributed by atoms with Crippen molar-refractivity contribution in [3.8, 4) is 11.5 Å². The number of hydrazine groups is 1. The van der Waals surface area contributed by atoms with E-state index in [0.29, 0.717) is 29.8 Å². The maximum atomic E-state index is 11.9. The summed E-state index contributed by atoms with van der Waals surface area (Å²) in [5.41, 5.74) is 5.84. The lowest BCUT2D eigenvalue weighted by atomic mass is 10.1. The van der Waals surface area contributed by atoms with Gasteiger partial charge in [-0.15, -0.1) is 0 Å². The topological polar surface area (TPSA) is 71.6 Å². The van der Waals surface area contributed by atoms with E-state index in [2.05, 4.69) is 16.2 Å². The van der Waals surface area contributed by atoms with Gasteiger partial charge >= 0.3 is 0 Å². The summed E-state index contributed by atoms with van der Waals surface area (Å²) in [6.07, 6.45) is 4.04. The lowest BCUT2D eigenvalue weighted by Gasteiger charge is -2.22. The number of amides is 1. The molecule has 0 aliphatic heterocycles. The fraction of sp³-hybridized carbons (Fsp3) is 0.474. The minimum atomic E-state index is -0.313. The first kappa shape index (κ1) is 21.8. The normalized spacial score (nSPS) is 11.1. The lowest BCUT2D eigenvalue weighted by molar-refractivity contribution is -0.117. The Bertz CT molecular complexity index is 639. The second-order valence-corrected chi connectivity index (χ2v) is 7.05. The van der Waals surface area contributed by atoms with Gasteiger partial charge in [-0.05, 0) is 70.1 Å². The van der Waals surface area contributed by atoms with Gasteiger partial charge in [-0.1, -0.05) is 13.0 Å². The van der Waals surface area contributed by atoms with Gasteiger partial charge in [0.05, 0.1) is 13.2 Å². The van der Waals surface area contributed by atoms with E-state index in [9.17, 15) is 4.79 Å². The summed E-state index contributed by atoms with van der Waals surface area (Å²) in [4.78, 5) is 11.9. The molecular formula is C19H29N3O3S. The van der Waals surface area contributed by atoms with Crippen LogP contribution in [0.2, 0.25) is 0 Å². The van der Waals surface area contributed by atoms with E-state index in [-0.39, 0.29) is 11.4 Å². The highest BCUT2D eigenvalue weighted by Crippen LogP contribution is 2.29. The van der Waals surface area contributed by atoms with E-state index < -0.39 is 0 Å². The van der Waals surface area contributed by atoms with Gasteiger partial charge in [0, 0.05) is 11.6 Å². The van der Waals surface area contributed by atoms with Gasteiger partial charge < -0.3 is 14.8 Å². The zero-order valence-electron chi connectivity index (χ0n) is 16.1. The Hall–Kier alpha value is -2.28. The van der Waals surface area contributed by atoms with Crippen molar-refractivity contribution in [2.75, 3.05) is 13.2 Å². The monoisotopic (exact) mass is 379 g/mol. The molecule has 6 nitrogen and oxygen atoms in total. The lowest BCUT2D eigenvalue weighted by Crippen LogP contribution is -2.51. The number of carbonyl (C=O) groups is 1. The average molecular weight is 380 g/mol. The Balaban J connectivity index is 2.64. The van der Waals surface area contributed by atoms with Crippen LogP contribution in [0.1, 0.15) is 46.6 Å². The smallest absolute Gasteiger partial charge is 0.262 e. The summed E-state index contributed by atoms with van der Waals surface area (Å²) in [5.74, 6) is 1.06. The SMILES string of the molecule is CCCOc1ccc(/C=C/C(=O)NNC(=S)NC(C)(C)C)cc1OCC. The molecule has 0 atom stereocenters. The molecule has 144 valence electrons. The molecule has 0 aromatic heterocycles. The first-order valence-electron chi connectivity index (χ1n) is 8.71. The van der Waals surface area contributed by atoms with Gasteiger partial charge in [0.15, 0.2) is 16.6 Å². The predicted molar refractivity (Wildman–Crippen MR) is 109 cm³/mol. The molecule has 26 heavy (non-hydrogen) atoms. The molecule has 0 unspecified atom stereocenters. The van der Waals surface area contributed by atoms with Gasteiger partial charge in [-0.2, -0.15) is 0 Å². The molecule has 0 saturated heterocycles. The molecule has 1 amide bonds. The van der Waals surface area contributed by atoms with Crippen molar-refractivity contribution < 1.29 is 14.3 Å². The van der Waals surface area contributed by atoms with Crippen LogP contribution in [0, 0.1) is 0 Å². The summed E-state index contributed by atoms with van der Waals surface area (Å²) in [6.45, 7) is 11.1. The zero-order chi connectivity index (χ0) is 19.6. The number of ether oxygens (including phenoxy) is 2. The van der Waals surface area contributed by atoms with Crippen LogP contribution in [0.25, 0.3) is 6.08 Å². The Morgan fingerprint density at radius 2 is 1.88 bits per heavy atom. The third kappa shape index (κ3) is 8.71. The largest absolute Gasteiger partial charge is 0.490 e. The predicted octanol–water partition coefficient (Wildman–Crippen LogP) is 3.18. The standard InChI is InChI=1S/C19H29N3O3S/c1-6-12-25-15-10-8-14(13-16(15)24-7-2)9-11-17(23)21-22-18(26)20-19(3,4)5/h8-11,13H,6-7,12H2,1-5H3,(H,21,23)(H2,20,22,26)/b11-9+. The Morgan fingerprint density at radius 1 is 1.15 bits per heavy atom. The third-order valence-corrected chi connectivity index (χ3v) is 3.15. The van der Waals surface area contributed by atoms with Gasteiger partial charge in [-0.25, -0.2) is 0 Å². The Morgan fingerprint density at radius 3 is 2.50 bits per heavy atom. The summed E-state index contributed by atoms with van der Waals surface area (Å²) >= 11 is 5.10. The molecule has 1 aromatic carbocycles. The molecule has 1 rings (SSSR count). The maximum absolute atomic E-state index is 11.9. The van der Waals surface area contributed by atoms with Crippen molar-refractivity contribution in [1.29, 1.82) is 0 Å². The van der Waals surface area contributed by atoms with Crippen LogP contribution >= 0.6 is 12.2 Å². The summed E-state index contributed by atoms with van der Waals surface area (Å²) in [5, 5.41) is 3.40. The molecule has 0 bridgehead atoms. The van der Waals surface area contributed by atoms with Crippen molar-refractivity contribution in [2.24, 2.45) is 0 Å². The number of hydrogen-bond donors (Lipinski definition) is 3. The first-order chi connectivity index (χ1) is 12.2. The fourth-order valence-corrected chi connectivity index (χ4v) is 2.29. The third-order valence-electron chi connectivity index (χ3n) is 2.94. The summed E-state index contributed by atoms with van der Waals surface area (Å²) in [6, 6.07) is 5.56. The molecule has 7 heteroatoms. The second-order valence-electron chi connectivity index (χ2n) is 6.64. The second kappa shape index (κ2) is 10.7. The van der Waals surface area contributed by atoms with Crippen LogP contribution < -0.4 is 25.6 Å². The number of nitrogens with one attached hydrogen (secondary N) is 3. The van der Waals surface area contributed by atoms with Crippen LogP contribution in [-0.2, 0) is 4.79 Å². The van der Waals surface area contributed by atoms with Gasteiger partial charge in [0.25, 0.3) is 5.91 Å². The molecular weight excluding hydrogens is 350 g/mol. The quantitative estimate of drug-likeness (QED) is 0.384. The van der Waals surface area contributed by atoms with E-state index in [1.165, 1.54) is 6.08 Å². The van der Waals surface area contributed by atoms with Crippen molar-refractivity contribution in [3.05, 3.63) is 29.8 Å². The molecule has 0 heterocycles. The van der Waals surface area contributed by atoms with Gasteiger partial charge in [-0.3, -0.25) is 15.6 Å². The molecule has 0 fully saturated rings. The number of rotatable bonds is 7. The van der Waals surface area contributed by atoms with E-state index >= 15 is 0 Å². The average Bonchev–Trinajstić information content (AvgIpc) is 2.56. The van der Waals surface area contributed by atoms with Crippen LogP contribution in [0.15, 0.2) is 24.3 Å². The van der Waals surface area contributed by atoms with Gasteiger partial charge in [0.1, 0.15) is 0 Å². The minimum Gasteiger partial charge on any atom is -0.490 e. The summed E-state index contributed by atoms with van der Waals surface area (Å²) < 4.78 is 11.3. The summed E-state index contributed by atoms with van der Waals surface area (Å²) in [7, 11) is 0. The van der Waals surface area contributed by atoms with Crippen molar-refractivity contribution in [2.45, 2.75) is 46.6 Å². The molecule has 1 aromatic rings. The van der Waals surface area contributed by atoms with Crippen molar-refractivity contribution in [3.63, 3.8) is 0 Å². The number of hydrogen-bond acceptors (Lipinski definition) is 4. The highest BCUT2D eigenvalue weighted by atomic mass is 32.1. The van der Waals surface area contributed by atoms with Crippen molar-refractivity contribution >= 4 is 29.3 Å². The molecule has 3 N–H and O–H groups in total. The molecule has 0 radical (unpaired) electrons. The van der Waals surface area contributed by atoms with Crippen molar-refractivity contribution in [1.82, 2.24) is 16.2 Å². The fourth-order valence-electron chi connectivity index (χ4n) is 1.93. The number of benzene rings is 1. The number of carbonyl (C=O) groups excluding carboxylic acids is 1. The molecule has 0 aliphatic rings.